The summed E-state index contributed by atoms with van der Waals surface area (Å²) in [5.74, 6) is 0.930. The lowest BCUT2D eigenvalue weighted by Crippen LogP contribution is -2.20. The summed E-state index contributed by atoms with van der Waals surface area (Å²) in [7, 11) is 2.03. The first-order valence-corrected chi connectivity index (χ1v) is 7.64. The number of para-hydroxylation sites is 2. The van der Waals surface area contributed by atoms with E-state index in [1.165, 1.54) is 0 Å². The van der Waals surface area contributed by atoms with Gasteiger partial charge in [0.25, 0.3) is 0 Å². The number of nitrogens with one attached hydrogen (secondary N) is 1. The number of dihydropyridines is 1. The first kappa shape index (κ1) is 13.6. The molecule has 0 atom stereocenters. The second kappa shape index (κ2) is 5.32. The molecule has 114 valence electrons. The van der Waals surface area contributed by atoms with E-state index in [0.29, 0.717) is 0 Å². The highest BCUT2D eigenvalue weighted by molar-refractivity contribution is 5.88. The van der Waals surface area contributed by atoms with Crippen LogP contribution in [0.25, 0.3) is 5.57 Å². The van der Waals surface area contributed by atoms with Crippen LogP contribution in [0.4, 0.5) is 17.1 Å². The second-order valence-electron chi connectivity index (χ2n) is 5.61. The van der Waals surface area contributed by atoms with E-state index in [9.17, 15) is 0 Å². The van der Waals surface area contributed by atoms with E-state index in [2.05, 4.69) is 57.0 Å². The Morgan fingerprint density at radius 2 is 1.96 bits per heavy atom. The quantitative estimate of drug-likeness (QED) is 0.917. The Balaban J connectivity index is 1.70. The van der Waals surface area contributed by atoms with Gasteiger partial charge < -0.3 is 10.2 Å². The fourth-order valence-electron chi connectivity index (χ4n) is 2.97. The molecule has 4 heteroatoms. The van der Waals surface area contributed by atoms with Crippen LogP contribution >= 0.6 is 0 Å². The topological polar surface area (TPSA) is 31.4 Å². The SMILES string of the molecule is C=C1N(C)c2ccccc2N1c1ccc(C2=CNCC=C2)nc1. The maximum absolute atomic E-state index is 4.62. The van der Waals surface area contributed by atoms with Crippen molar-refractivity contribution in [2.24, 2.45) is 0 Å². The molecule has 3 heterocycles. The summed E-state index contributed by atoms with van der Waals surface area (Å²) in [5.41, 5.74) is 5.37. The van der Waals surface area contributed by atoms with Crippen LogP contribution in [0, 0.1) is 0 Å². The Hall–Kier alpha value is -3.01. The van der Waals surface area contributed by atoms with E-state index < -0.39 is 0 Å². The van der Waals surface area contributed by atoms with Crippen LogP contribution in [0.5, 0.6) is 0 Å². The molecule has 0 radical (unpaired) electrons. The van der Waals surface area contributed by atoms with Crippen molar-refractivity contribution < 1.29 is 0 Å². The Bertz CT molecular complexity index is 818. The van der Waals surface area contributed by atoms with Gasteiger partial charge in [0.05, 0.1) is 29.0 Å². The number of allylic oxidation sites excluding steroid dienone is 2. The molecule has 0 saturated carbocycles. The van der Waals surface area contributed by atoms with Crippen LogP contribution in [0.3, 0.4) is 0 Å². The molecule has 2 aliphatic heterocycles. The van der Waals surface area contributed by atoms with Crippen LogP contribution in [-0.2, 0) is 0 Å². The van der Waals surface area contributed by atoms with Crippen molar-refractivity contribution in [3.05, 3.63) is 79.0 Å². The highest BCUT2D eigenvalue weighted by atomic mass is 15.4. The first-order valence-electron chi connectivity index (χ1n) is 7.64. The van der Waals surface area contributed by atoms with Gasteiger partial charge in [-0.15, -0.1) is 0 Å². The largest absolute Gasteiger partial charge is 0.387 e. The molecule has 1 aromatic carbocycles. The summed E-state index contributed by atoms with van der Waals surface area (Å²) in [4.78, 5) is 8.85. The van der Waals surface area contributed by atoms with Gasteiger partial charge in [0.2, 0.25) is 0 Å². The predicted octanol–water partition coefficient (Wildman–Crippen LogP) is 3.64. The molecule has 0 aliphatic carbocycles. The zero-order valence-corrected chi connectivity index (χ0v) is 13.0. The Labute approximate surface area is 136 Å². The van der Waals surface area contributed by atoms with Crippen molar-refractivity contribution in [2.45, 2.75) is 0 Å². The van der Waals surface area contributed by atoms with Gasteiger partial charge in [-0.2, -0.15) is 0 Å². The Morgan fingerprint density at radius 3 is 2.65 bits per heavy atom. The molecule has 0 fully saturated rings. The zero-order chi connectivity index (χ0) is 15.8. The van der Waals surface area contributed by atoms with Crippen LogP contribution in [-0.4, -0.2) is 18.6 Å². The monoisotopic (exact) mass is 302 g/mol. The molecule has 23 heavy (non-hydrogen) atoms. The van der Waals surface area contributed by atoms with Gasteiger partial charge >= 0.3 is 0 Å². The van der Waals surface area contributed by atoms with Crippen molar-refractivity contribution in [1.29, 1.82) is 0 Å². The van der Waals surface area contributed by atoms with Gasteiger partial charge in [-0.3, -0.25) is 9.88 Å². The van der Waals surface area contributed by atoms with E-state index in [0.717, 1.165) is 40.7 Å². The third-order valence-electron chi connectivity index (χ3n) is 4.22. The van der Waals surface area contributed by atoms with Crippen molar-refractivity contribution in [3.63, 3.8) is 0 Å². The van der Waals surface area contributed by atoms with Crippen molar-refractivity contribution in [3.8, 4) is 0 Å². The molecule has 4 nitrogen and oxygen atoms in total. The van der Waals surface area contributed by atoms with Crippen LogP contribution in [0.1, 0.15) is 5.69 Å². The summed E-state index contributed by atoms with van der Waals surface area (Å²) >= 11 is 0. The molecule has 4 rings (SSSR count). The first-order chi connectivity index (χ1) is 11.3. The van der Waals surface area contributed by atoms with Crippen molar-refractivity contribution in [1.82, 2.24) is 10.3 Å². The molecular formula is C19H18N4. The summed E-state index contributed by atoms with van der Waals surface area (Å²) in [6, 6.07) is 12.4. The smallest absolute Gasteiger partial charge is 0.110 e. The lowest BCUT2D eigenvalue weighted by atomic mass is 10.1. The van der Waals surface area contributed by atoms with Crippen molar-refractivity contribution >= 4 is 22.6 Å². The highest BCUT2D eigenvalue weighted by Crippen LogP contribution is 2.44. The molecule has 0 spiro atoms. The van der Waals surface area contributed by atoms with E-state index in [-0.39, 0.29) is 0 Å². The number of aromatic nitrogens is 1. The molecule has 0 amide bonds. The third kappa shape index (κ3) is 2.19. The molecule has 0 unspecified atom stereocenters. The minimum atomic E-state index is 0.873. The average Bonchev–Trinajstić information content (AvgIpc) is 2.87. The van der Waals surface area contributed by atoms with Crippen LogP contribution in [0.2, 0.25) is 0 Å². The summed E-state index contributed by atoms with van der Waals surface area (Å²) < 4.78 is 0. The molecule has 2 aliphatic rings. The Morgan fingerprint density at radius 1 is 1.13 bits per heavy atom. The number of rotatable bonds is 2. The van der Waals surface area contributed by atoms with Gasteiger partial charge in [-0.1, -0.05) is 30.9 Å². The second-order valence-corrected chi connectivity index (χ2v) is 5.61. The number of fused-ring (bicyclic) bond motifs is 1. The predicted molar refractivity (Wildman–Crippen MR) is 95.5 cm³/mol. The number of nitrogens with zero attached hydrogens (tertiary/aromatic N) is 3. The maximum Gasteiger partial charge on any atom is 0.110 e. The molecule has 2 aromatic rings. The fraction of sp³-hybridized carbons (Fsp3) is 0.105. The van der Waals surface area contributed by atoms with Gasteiger partial charge in [0.15, 0.2) is 0 Å². The zero-order valence-electron chi connectivity index (χ0n) is 13.0. The van der Waals surface area contributed by atoms with Crippen LogP contribution < -0.4 is 15.1 Å². The van der Waals surface area contributed by atoms with E-state index >= 15 is 0 Å². The number of anilines is 3. The summed E-state index contributed by atoms with van der Waals surface area (Å²) in [6.45, 7) is 5.08. The number of benzene rings is 1. The van der Waals surface area contributed by atoms with E-state index in [1.54, 1.807) is 0 Å². The Kier molecular flexibility index (Phi) is 3.15. The number of hydrogen-bond donors (Lipinski definition) is 1. The van der Waals surface area contributed by atoms with Crippen molar-refractivity contribution in [2.75, 3.05) is 23.4 Å². The van der Waals surface area contributed by atoms with Crippen LogP contribution in [0.15, 0.2) is 73.3 Å². The molecule has 1 N–H and O–H groups in total. The van der Waals surface area contributed by atoms with E-state index in [4.69, 9.17) is 0 Å². The van der Waals surface area contributed by atoms with Gasteiger partial charge in [-0.05, 0) is 24.3 Å². The minimum absolute atomic E-state index is 0.873. The number of pyridine rings is 1. The van der Waals surface area contributed by atoms with E-state index in [1.807, 2.05) is 37.6 Å². The molecule has 0 bridgehead atoms. The number of hydrogen-bond acceptors (Lipinski definition) is 4. The standard InChI is InChI=1S/C19H18N4/c1-14-22(2)18-7-3-4-8-19(18)23(14)16-9-10-17(21-13-16)15-6-5-11-20-12-15/h3-10,12-13,20H,1,11H2,2H3. The fourth-order valence-corrected chi connectivity index (χ4v) is 2.97. The van der Waals surface area contributed by atoms with Gasteiger partial charge in [0.1, 0.15) is 5.82 Å². The minimum Gasteiger partial charge on any atom is -0.387 e. The summed E-state index contributed by atoms with van der Waals surface area (Å²) in [5, 5.41) is 3.21. The molecule has 0 saturated heterocycles. The molecule has 1 aromatic heterocycles. The lowest BCUT2D eigenvalue weighted by molar-refractivity contribution is 0.974. The van der Waals surface area contributed by atoms with Gasteiger partial charge in [0, 0.05) is 25.4 Å². The lowest BCUT2D eigenvalue weighted by Gasteiger charge is -2.21. The highest BCUT2D eigenvalue weighted by Gasteiger charge is 2.28. The normalized spacial score (nSPS) is 16.2. The maximum atomic E-state index is 4.62. The summed E-state index contributed by atoms with van der Waals surface area (Å²) in [6.07, 6.45) is 8.09. The average molecular weight is 302 g/mol. The molecular weight excluding hydrogens is 284 g/mol. The third-order valence-corrected chi connectivity index (χ3v) is 4.22. The van der Waals surface area contributed by atoms with Gasteiger partial charge in [-0.25, -0.2) is 0 Å².